The Hall–Kier alpha value is -4.53. The summed E-state index contributed by atoms with van der Waals surface area (Å²) in [5.74, 6) is -2.43. The zero-order valence-corrected chi connectivity index (χ0v) is 19.1. The number of anilines is 1. The molecule has 2 N–H and O–H groups in total. The van der Waals surface area contributed by atoms with Crippen LogP contribution < -0.4 is 15.9 Å². The molecule has 2 amide bonds. The number of carboxylic acids is 1. The van der Waals surface area contributed by atoms with Gasteiger partial charge in [0.2, 0.25) is 11.8 Å². The Morgan fingerprint density at radius 3 is 2.20 bits per heavy atom. The minimum absolute atomic E-state index is 0.103. The average Bonchev–Trinajstić information content (AvgIpc) is 2.85. The monoisotopic (exact) mass is 475 g/mol. The first-order valence-corrected chi connectivity index (χ1v) is 10.9. The number of carbonyl (C=O) groups excluding carboxylic acids is 3. The number of pyridine rings is 1. The van der Waals surface area contributed by atoms with Crippen LogP contribution in [0.3, 0.4) is 0 Å². The molecule has 0 radical (unpaired) electrons. The Balaban J connectivity index is 2.03. The minimum Gasteiger partial charge on any atom is -0.481 e. The number of amides is 2. The Bertz CT molecular complexity index is 1270. The fraction of sp³-hybridized carbons (Fsp3) is 0.192. The van der Waals surface area contributed by atoms with Crippen molar-refractivity contribution in [2.45, 2.75) is 32.2 Å². The molecule has 0 aliphatic rings. The van der Waals surface area contributed by atoms with Crippen molar-refractivity contribution >= 4 is 29.8 Å². The number of hydrogen-bond acceptors (Lipinski definition) is 5. The molecule has 2 aromatic carbocycles. The third kappa shape index (κ3) is 6.29. The number of nitrogens with zero attached hydrogens (tertiary/aromatic N) is 2. The summed E-state index contributed by atoms with van der Waals surface area (Å²) in [6.07, 6.45) is 0.198. The molecule has 0 spiro atoms. The zero-order valence-electron chi connectivity index (χ0n) is 19.1. The van der Waals surface area contributed by atoms with Gasteiger partial charge in [-0.15, -0.1) is 0 Å². The van der Waals surface area contributed by atoms with Gasteiger partial charge in [0.05, 0.1) is 12.1 Å². The zero-order chi connectivity index (χ0) is 25.4. The highest BCUT2D eigenvalue weighted by atomic mass is 16.4. The van der Waals surface area contributed by atoms with Crippen molar-refractivity contribution in [3.63, 3.8) is 0 Å². The van der Waals surface area contributed by atoms with E-state index in [-0.39, 0.29) is 17.8 Å². The molecule has 0 aliphatic carbocycles. The topological polar surface area (TPSA) is 126 Å². The number of aldehydes is 1. The van der Waals surface area contributed by atoms with Crippen molar-refractivity contribution in [2.24, 2.45) is 0 Å². The van der Waals surface area contributed by atoms with Gasteiger partial charge in [-0.1, -0.05) is 60.7 Å². The first-order valence-electron chi connectivity index (χ1n) is 10.9. The molecule has 0 bridgehead atoms. The van der Waals surface area contributed by atoms with Gasteiger partial charge >= 0.3 is 5.97 Å². The average molecular weight is 476 g/mol. The molecular weight excluding hydrogens is 450 g/mol. The molecule has 35 heavy (non-hydrogen) atoms. The van der Waals surface area contributed by atoms with Gasteiger partial charge in [0.15, 0.2) is 0 Å². The van der Waals surface area contributed by atoms with Gasteiger partial charge < -0.3 is 15.2 Å². The van der Waals surface area contributed by atoms with E-state index in [0.29, 0.717) is 18.3 Å². The molecule has 0 saturated carbocycles. The van der Waals surface area contributed by atoms with Crippen LogP contribution in [0.5, 0.6) is 0 Å². The summed E-state index contributed by atoms with van der Waals surface area (Å²) in [5.41, 5.74) is 0.897. The standard InChI is InChI=1S/C26H25N3O6/c1-18(31)28(21(17-30)16-25(33)34)29-23(20-10-6-3-7-11-20)14-13-22(26(29)35)27-24(32)15-12-19-8-4-2-5-9-19/h2-11,13-14,17,21H,12,15-16H2,1H3,(H,27,32)(H,33,34)/t21-/m0/s1. The molecule has 0 saturated heterocycles. The highest BCUT2D eigenvalue weighted by Crippen LogP contribution is 2.21. The summed E-state index contributed by atoms with van der Waals surface area (Å²) in [5, 5.41) is 12.6. The van der Waals surface area contributed by atoms with E-state index in [1.807, 2.05) is 30.3 Å². The second-order valence-electron chi connectivity index (χ2n) is 7.81. The van der Waals surface area contributed by atoms with Crippen molar-refractivity contribution in [3.05, 3.63) is 88.7 Å². The fourth-order valence-corrected chi connectivity index (χ4v) is 3.67. The largest absolute Gasteiger partial charge is 0.481 e. The van der Waals surface area contributed by atoms with Crippen LogP contribution in [0.25, 0.3) is 11.3 Å². The van der Waals surface area contributed by atoms with Crippen molar-refractivity contribution in [1.29, 1.82) is 0 Å². The van der Waals surface area contributed by atoms with E-state index in [2.05, 4.69) is 5.32 Å². The summed E-state index contributed by atoms with van der Waals surface area (Å²) in [4.78, 5) is 61.8. The molecule has 1 heterocycles. The maximum absolute atomic E-state index is 13.5. The van der Waals surface area contributed by atoms with Crippen LogP contribution in [0.4, 0.5) is 5.69 Å². The smallest absolute Gasteiger partial charge is 0.305 e. The van der Waals surface area contributed by atoms with Crippen molar-refractivity contribution in [2.75, 3.05) is 10.3 Å². The second kappa shape index (κ2) is 11.6. The lowest BCUT2D eigenvalue weighted by Crippen LogP contribution is -2.54. The Morgan fingerprint density at radius 1 is 1.00 bits per heavy atom. The number of carboxylic acid groups (broad SMARTS) is 1. The predicted octanol–water partition coefficient (Wildman–Crippen LogP) is 2.61. The van der Waals surface area contributed by atoms with Crippen LogP contribution in [0, 0.1) is 0 Å². The molecule has 1 aromatic heterocycles. The van der Waals surface area contributed by atoms with Gasteiger partial charge in [-0.05, 0) is 24.1 Å². The molecule has 3 rings (SSSR count). The third-order valence-electron chi connectivity index (χ3n) is 5.28. The van der Waals surface area contributed by atoms with Gasteiger partial charge in [-0.2, -0.15) is 0 Å². The van der Waals surface area contributed by atoms with Crippen LogP contribution in [0.15, 0.2) is 77.6 Å². The molecule has 180 valence electrons. The first-order chi connectivity index (χ1) is 16.8. The number of aliphatic carboxylic acids is 1. The van der Waals surface area contributed by atoms with E-state index in [4.69, 9.17) is 0 Å². The fourth-order valence-electron chi connectivity index (χ4n) is 3.67. The summed E-state index contributed by atoms with van der Waals surface area (Å²) in [6, 6.07) is 19.5. The number of nitrogens with one attached hydrogen (secondary N) is 1. The normalized spacial score (nSPS) is 11.3. The number of aryl methyl sites for hydroxylation is 1. The number of aromatic nitrogens is 1. The van der Waals surface area contributed by atoms with Gasteiger partial charge in [0, 0.05) is 18.9 Å². The van der Waals surface area contributed by atoms with Gasteiger partial charge in [0.1, 0.15) is 18.0 Å². The minimum atomic E-state index is -1.44. The predicted molar refractivity (Wildman–Crippen MR) is 131 cm³/mol. The molecular formula is C26H25N3O6. The van der Waals surface area contributed by atoms with E-state index in [1.54, 1.807) is 30.3 Å². The molecule has 0 aliphatic heterocycles. The van der Waals surface area contributed by atoms with Gasteiger partial charge in [0.25, 0.3) is 5.56 Å². The summed E-state index contributed by atoms with van der Waals surface area (Å²) >= 11 is 0. The molecule has 9 nitrogen and oxygen atoms in total. The van der Waals surface area contributed by atoms with Gasteiger partial charge in [-0.25, -0.2) is 9.69 Å². The van der Waals surface area contributed by atoms with E-state index in [9.17, 15) is 29.1 Å². The molecule has 0 fully saturated rings. The second-order valence-corrected chi connectivity index (χ2v) is 7.81. The summed E-state index contributed by atoms with van der Waals surface area (Å²) in [6.45, 7) is 1.13. The Morgan fingerprint density at radius 2 is 1.63 bits per heavy atom. The van der Waals surface area contributed by atoms with Crippen LogP contribution in [0.2, 0.25) is 0 Å². The maximum atomic E-state index is 13.5. The van der Waals surface area contributed by atoms with Crippen LogP contribution >= 0.6 is 0 Å². The lowest BCUT2D eigenvalue weighted by atomic mass is 10.1. The van der Waals surface area contributed by atoms with E-state index < -0.39 is 35.8 Å². The lowest BCUT2D eigenvalue weighted by Gasteiger charge is -2.30. The van der Waals surface area contributed by atoms with E-state index in [1.165, 1.54) is 12.1 Å². The van der Waals surface area contributed by atoms with E-state index >= 15 is 0 Å². The number of rotatable bonds is 10. The summed E-state index contributed by atoms with van der Waals surface area (Å²) in [7, 11) is 0. The summed E-state index contributed by atoms with van der Waals surface area (Å²) < 4.78 is 0.951. The number of carbonyl (C=O) groups is 4. The Labute approximate surface area is 201 Å². The molecule has 9 heteroatoms. The Kier molecular flexibility index (Phi) is 8.29. The van der Waals surface area contributed by atoms with Crippen LogP contribution in [-0.2, 0) is 25.6 Å². The molecule has 0 unspecified atom stereocenters. The van der Waals surface area contributed by atoms with Crippen LogP contribution in [0.1, 0.15) is 25.3 Å². The third-order valence-corrected chi connectivity index (χ3v) is 5.28. The lowest BCUT2D eigenvalue weighted by molar-refractivity contribution is -0.138. The van der Waals surface area contributed by atoms with Crippen molar-refractivity contribution < 1.29 is 24.3 Å². The van der Waals surface area contributed by atoms with Crippen LogP contribution in [-0.4, -0.2) is 39.9 Å². The maximum Gasteiger partial charge on any atom is 0.305 e. The molecule has 1 atom stereocenters. The first kappa shape index (κ1) is 25.1. The highest BCUT2D eigenvalue weighted by Gasteiger charge is 2.29. The highest BCUT2D eigenvalue weighted by molar-refractivity contribution is 5.92. The van der Waals surface area contributed by atoms with E-state index in [0.717, 1.165) is 22.2 Å². The van der Waals surface area contributed by atoms with Crippen molar-refractivity contribution in [1.82, 2.24) is 4.68 Å². The number of benzene rings is 2. The number of hydrogen-bond donors (Lipinski definition) is 2. The SMILES string of the molecule is CC(=O)N([C@H](C=O)CC(=O)O)n1c(-c2ccccc2)ccc(NC(=O)CCc2ccccc2)c1=O. The quantitative estimate of drug-likeness (QED) is 0.434. The van der Waals surface area contributed by atoms with Gasteiger partial charge in [-0.3, -0.25) is 19.2 Å². The van der Waals surface area contributed by atoms with Crippen molar-refractivity contribution in [3.8, 4) is 11.3 Å². The molecule has 3 aromatic rings.